The number of likely N-dealkylation sites (tertiary alicyclic amines) is 2. The summed E-state index contributed by atoms with van der Waals surface area (Å²) in [5, 5.41) is 2.88. The van der Waals surface area contributed by atoms with E-state index in [1.54, 1.807) is 30.6 Å². The number of anilines is 1. The molecular formula is C22H29ClF3N3O3. The van der Waals surface area contributed by atoms with E-state index in [-0.39, 0.29) is 22.7 Å². The first-order valence-electron chi connectivity index (χ1n) is 10.8. The first-order valence-corrected chi connectivity index (χ1v) is 11.1. The van der Waals surface area contributed by atoms with Crippen molar-refractivity contribution in [3.05, 3.63) is 28.8 Å². The second-order valence-corrected chi connectivity index (χ2v) is 9.76. The molecule has 10 heteroatoms. The number of amides is 2. The molecule has 2 aliphatic heterocycles. The number of piperidine rings is 2. The van der Waals surface area contributed by atoms with Crippen LogP contribution in [-0.4, -0.2) is 59.1 Å². The fourth-order valence-electron chi connectivity index (χ4n) is 4.14. The van der Waals surface area contributed by atoms with Crippen molar-refractivity contribution in [1.29, 1.82) is 0 Å². The second kappa shape index (κ2) is 9.37. The summed E-state index contributed by atoms with van der Waals surface area (Å²) in [7, 11) is 0. The highest BCUT2D eigenvalue weighted by Crippen LogP contribution is 2.34. The zero-order valence-corrected chi connectivity index (χ0v) is 19.2. The third-order valence-electron chi connectivity index (χ3n) is 5.53. The van der Waals surface area contributed by atoms with Gasteiger partial charge in [0.15, 0.2) is 0 Å². The molecule has 1 N–H and O–H groups in total. The summed E-state index contributed by atoms with van der Waals surface area (Å²) in [5.74, 6) is -0.180. The summed E-state index contributed by atoms with van der Waals surface area (Å²) in [6.45, 7) is 6.90. The van der Waals surface area contributed by atoms with Crippen LogP contribution in [0.4, 0.5) is 23.7 Å². The molecule has 32 heavy (non-hydrogen) atoms. The zero-order valence-electron chi connectivity index (χ0n) is 18.5. The lowest BCUT2D eigenvalue weighted by Crippen LogP contribution is -2.57. The molecule has 1 aromatic carbocycles. The van der Waals surface area contributed by atoms with Crippen molar-refractivity contribution >= 4 is 29.3 Å². The summed E-state index contributed by atoms with van der Waals surface area (Å²) in [4.78, 5) is 29.0. The average molecular weight is 476 g/mol. The predicted octanol–water partition coefficient (Wildman–Crippen LogP) is 5.16. The van der Waals surface area contributed by atoms with Gasteiger partial charge < -0.3 is 19.9 Å². The third kappa shape index (κ3) is 6.21. The maximum absolute atomic E-state index is 13.2. The Hall–Kier alpha value is -2.16. The van der Waals surface area contributed by atoms with Crippen molar-refractivity contribution in [2.75, 3.05) is 25.0 Å². The topological polar surface area (TPSA) is 61.9 Å². The fraction of sp³-hybridized carbons (Fsp3) is 0.636. The van der Waals surface area contributed by atoms with Crippen LogP contribution in [0.3, 0.4) is 0 Å². The van der Waals surface area contributed by atoms with Gasteiger partial charge in [-0.05, 0) is 64.7 Å². The normalized spacial score (nSPS) is 22.7. The van der Waals surface area contributed by atoms with Crippen molar-refractivity contribution in [3.63, 3.8) is 0 Å². The molecule has 2 saturated heterocycles. The number of alkyl halides is 3. The minimum Gasteiger partial charge on any atom is -0.444 e. The highest BCUT2D eigenvalue weighted by molar-refractivity contribution is 6.31. The summed E-state index contributed by atoms with van der Waals surface area (Å²) in [5.41, 5.74) is -1.32. The number of rotatable bonds is 3. The molecule has 2 atom stereocenters. The number of hydrogen-bond donors (Lipinski definition) is 1. The minimum atomic E-state index is -4.53. The monoisotopic (exact) mass is 475 g/mol. The van der Waals surface area contributed by atoms with Gasteiger partial charge in [-0.2, -0.15) is 13.2 Å². The number of nitrogens with zero attached hydrogens (tertiary/aromatic N) is 2. The molecule has 0 radical (unpaired) electrons. The standard InChI is InChI=1S/C22H29ClF3N3O3/c1-21(2,3)32-20(31)28-8-4-6-17(13-28)29-9-5-7-18(19(29)30)27-16-11-14(22(24,25)26)10-15(23)12-16/h10-12,17-18,27H,4-9,13H2,1-3H3/t17-,18?/m1/s1. The number of hydrogen-bond acceptors (Lipinski definition) is 4. The van der Waals surface area contributed by atoms with Crippen LogP contribution in [0.15, 0.2) is 18.2 Å². The first-order chi connectivity index (χ1) is 14.8. The number of benzene rings is 1. The zero-order chi connectivity index (χ0) is 23.7. The number of carbonyl (C=O) groups is 2. The Balaban J connectivity index is 1.69. The summed E-state index contributed by atoms with van der Waals surface area (Å²) in [6, 6.07) is 2.39. The van der Waals surface area contributed by atoms with Crippen LogP contribution in [0.25, 0.3) is 0 Å². The van der Waals surface area contributed by atoms with E-state index in [0.717, 1.165) is 25.0 Å². The Morgan fingerprint density at radius 3 is 2.47 bits per heavy atom. The van der Waals surface area contributed by atoms with Crippen molar-refractivity contribution in [2.24, 2.45) is 0 Å². The van der Waals surface area contributed by atoms with Gasteiger partial charge in [-0.1, -0.05) is 11.6 Å². The highest BCUT2D eigenvalue weighted by Gasteiger charge is 2.37. The third-order valence-corrected chi connectivity index (χ3v) is 5.75. The molecule has 0 spiro atoms. The van der Waals surface area contributed by atoms with Crippen LogP contribution in [0.2, 0.25) is 5.02 Å². The Morgan fingerprint density at radius 2 is 1.81 bits per heavy atom. The van der Waals surface area contributed by atoms with E-state index in [4.69, 9.17) is 16.3 Å². The number of nitrogens with one attached hydrogen (secondary N) is 1. The molecule has 1 unspecified atom stereocenters. The Bertz CT molecular complexity index is 857. The van der Waals surface area contributed by atoms with Crippen molar-refractivity contribution < 1.29 is 27.5 Å². The van der Waals surface area contributed by atoms with Gasteiger partial charge in [-0.25, -0.2) is 4.79 Å². The lowest BCUT2D eigenvalue weighted by Gasteiger charge is -2.43. The van der Waals surface area contributed by atoms with Gasteiger partial charge in [0.2, 0.25) is 5.91 Å². The Labute approximate surface area is 191 Å². The van der Waals surface area contributed by atoms with Crippen LogP contribution >= 0.6 is 11.6 Å². The highest BCUT2D eigenvalue weighted by atomic mass is 35.5. The van der Waals surface area contributed by atoms with Gasteiger partial charge in [-0.15, -0.1) is 0 Å². The van der Waals surface area contributed by atoms with E-state index in [1.165, 1.54) is 6.07 Å². The SMILES string of the molecule is CC(C)(C)OC(=O)N1CCC[C@@H](N2CCCC(Nc3cc(Cl)cc(C(F)(F)F)c3)C2=O)C1. The molecule has 1 aromatic rings. The molecule has 3 rings (SSSR count). The lowest BCUT2D eigenvalue weighted by molar-refractivity contribution is -0.138. The van der Waals surface area contributed by atoms with E-state index < -0.39 is 29.5 Å². The minimum absolute atomic E-state index is 0.0530. The maximum atomic E-state index is 13.2. The van der Waals surface area contributed by atoms with Crippen LogP contribution < -0.4 is 5.32 Å². The average Bonchev–Trinajstić information content (AvgIpc) is 2.67. The van der Waals surface area contributed by atoms with Crippen LogP contribution in [0.1, 0.15) is 52.0 Å². The lowest BCUT2D eigenvalue weighted by atomic mass is 9.97. The summed E-state index contributed by atoms with van der Waals surface area (Å²) < 4.78 is 44.8. The number of halogens is 4. The molecular weight excluding hydrogens is 447 g/mol. The second-order valence-electron chi connectivity index (χ2n) is 9.32. The van der Waals surface area contributed by atoms with Gasteiger partial charge >= 0.3 is 12.3 Å². The smallest absolute Gasteiger partial charge is 0.416 e. The molecule has 178 valence electrons. The van der Waals surface area contributed by atoms with Gasteiger partial charge in [0.1, 0.15) is 11.6 Å². The summed E-state index contributed by atoms with van der Waals surface area (Å²) >= 11 is 5.87. The van der Waals surface area contributed by atoms with Gasteiger partial charge in [0, 0.05) is 36.4 Å². The van der Waals surface area contributed by atoms with E-state index in [9.17, 15) is 22.8 Å². The quantitative estimate of drug-likeness (QED) is 0.656. The van der Waals surface area contributed by atoms with Crippen molar-refractivity contribution in [1.82, 2.24) is 9.80 Å². The maximum Gasteiger partial charge on any atom is 0.416 e. The number of ether oxygens (including phenoxy) is 1. The predicted molar refractivity (Wildman–Crippen MR) is 116 cm³/mol. The molecule has 2 fully saturated rings. The van der Waals surface area contributed by atoms with Gasteiger partial charge in [-0.3, -0.25) is 4.79 Å². The van der Waals surface area contributed by atoms with E-state index in [1.807, 2.05) is 0 Å². The number of carbonyl (C=O) groups excluding carboxylic acids is 2. The van der Waals surface area contributed by atoms with E-state index in [2.05, 4.69) is 5.32 Å². The fourth-order valence-corrected chi connectivity index (χ4v) is 4.37. The molecule has 0 aromatic heterocycles. The first kappa shape index (κ1) is 24.5. The Kier molecular flexibility index (Phi) is 7.17. The molecule has 0 bridgehead atoms. The van der Waals surface area contributed by atoms with Crippen LogP contribution in [0, 0.1) is 0 Å². The molecule has 2 amide bonds. The van der Waals surface area contributed by atoms with E-state index >= 15 is 0 Å². The molecule has 2 heterocycles. The van der Waals surface area contributed by atoms with Crippen LogP contribution in [-0.2, 0) is 15.7 Å². The Morgan fingerprint density at radius 1 is 1.12 bits per heavy atom. The molecule has 0 saturated carbocycles. The van der Waals surface area contributed by atoms with E-state index in [0.29, 0.717) is 32.5 Å². The molecule has 2 aliphatic rings. The van der Waals surface area contributed by atoms with Crippen LogP contribution in [0.5, 0.6) is 0 Å². The van der Waals surface area contributed by atoms with Crippen molar-refractivity contribution in [3.8, 4) is 0 Å². The van der Waals surface area contributed by atoms with Gasteiger partial charge in [0.05, 0.1) is 5.56 Å². The van der Waals surface area contributed by atoms with Gasteiger partial charge in [0.25, 0.3) is 0 Å². The molecule has 0 aliphatic carbocycles. The largest absolute Gasteiger partial charge is 0.444 e. The molecule has 6 nitrogen and oxygen atoms in total. The summed E-state index contributed by atoms with van der Waals surface area (Å²) in [6.07, 6.45) is -2.22. The van der Waals surface area contributed by atoms with Crippen molar-refractivity contribution in [2.45, 2.75) is 70.3 Å².